The molecule has 0 unspecified atom stereocenters. The summed E-state index contributed by atoms with van der Waals surface area (Å²) in [6.45, 7) is 3.82. The van der Waals surface area contributed by atoms with Crippen molar-refractivity contribution in [3.05, 3.63) is 29.3 Å². The van der Waals surface area contributed by atoms with Gasteiger partial charge in [-0.3, -0.25) is 4.55 Å². The van der Waals surface area contributed by atoms with Gasteiger partial charge in [-0.2, -0.15) is 8.42 Å². The van der Waals surface area contributed by atoms with Crippen LogP contribution in [0.1, 0.15) is 18.1 Å². The molecule has 0 atom stereocenters. The van der Waals surface area contributed by atoms with Crippen LogP contribution in [-0.4, -0.2) is 13.0 Å². The fourth-order valence-corrected chi connectivity index (χ4v) is 1.79. The Kier molecular flexibility index (Phi) is 2.73. The molecule has 4 heteroatoms. The van der Waals surface area contributed by atoms with Crippen LogP contribution in [0, 0.1) is 6.92 Å². The molecule has 1 aromatic rings. The average Bonchev–Trinajstić information content (AvgIpc) is 2.02. The van der Waals surface area contributed by atoms with Crippen molar-refractivity contribution in [2.24, 2.45) is 0 Å². The lowest BCUT2D eigenvalue weighted by Crippen LogP contribution is -1.99. The van der Waals surface area contributed by atoms with Crippen LogP contribution in [0.3, 0.4) is 0 Å². The van der Waals surface area contributed by atoms with Gasteiger partial charge in [-0.25, -0.2) is 0 Å². The van der Waals surface area contributed by atoms with Gasteiger partial charge in [0.2, 0.25) is 0 Å². The highest BCUT2D eigenvalue weighted by Crippen LogP contribution is 2.15. The molecule has 0 amide bonds. The van der Waals surface area contributed by atoms with Gasteiger partial charge in [-0.15, -0.1) is 0 Å². The van der Waals surface area contributed by atoms with E-state index < -0.39 is 10.1 Å². The molecule has 0 bridgehead atoms. The molecule has 1 N–H and O–H groups in total. The number of aryl methyl sites for hydroxylation is 2. The summed E-state index contributed by atoms with van der Waals surface area (Å²) in [5.74, 6) is 0. The molecule has 0 spiro atoms. The lowest BCUT2D eigenvalue weighted by molar-refractivity contribution is 0.483. The highest BCUT2D eigenvalue weighted by Gasteiger charge is 2.09. The lowest BCUT2D eigenvalue weighted by Gasteiger charge is -2.03. The molecule has 0 saturated heterocycles. The molecule has 13 heavy (non-hydrogen) atoms. The Balaban J connectivity index is 3.26. The van der Waals surface area contributed by atoms with Gasteiger partial charge in [0.25, 0.3) is 10.1 Å². The summed E-state index contributed by atoms with van der Waals surface area (Å²) in [7, 11) is -4.05. The van der Waals surface area contributed by atoms with E-state index in [1.165, 1.54) is 12.1 Å². The topological polar surface area (TPSA) is 54.4 Å². The Labute approximate surface area is 78.2 Å². The molecule has 1 aromatic carbocycles. The second kappa shape index (κ2) is 3.47. The van der Waals surface area contributed by atoms with Crippen LogP contribution in [-0.2, 0) is 16.5 Å². The molecule has 3 nitrogen and oxygen atoms in total. The van der Waals surface area contributed by atoms with Gasteiger partial charge in [0.15, 0.2) is 0 Å². The summed E-state index contributed by atoms with van der Waals surface area (Å²) < 4.78 is 30.2. The van der Waals surface area contributed by atoms with Crippen molar-refractivity contribution in [3.63, 3.8) is 0 Å². The zero-order valence-electron chi connectivity index (χ0n) is 7.61. The Morgan fingerprint density at radius 1 is 1.38 bits per heavy atom. The van der Waals surface area contributed by atoms with E-state index in [9.17, 15) is 8.42 Å². The first-order chi connectivity index (χ1) is 5.95. The van der Waals surface area contributed by atoms with Gasteiger partial charge in [-0.05, 0) is 36.6 Å². The molecule has 0 fully saturated rings. The largest absolute Gasteiger partial charge is 0.294 e. The first-order valence-electron chi connectivity index (χ1n) is 4.02. The predicted molar refractivity (Wildman–Crippen MR) is 50.4 cm³/mol. The second-order valence-corrected chi connectivity index (χ2v) is 4.34. The Hall–Kier alpha value is -0.870. The number of benzene rings is 1. The normalized spacial score (nSPS) is 11.6. The zero-order valence-corrected chi connectivity index (χ0v) is 8.43. The summed E-state index contributed by atoms with van der Waals surface area (Å²) in [5, 5.41) is 0. The van der Waals surface area contributed by atoms with E-state index in [2.05, 4.69) is 0 Å². The van der Waals surface area contributed by atoms with Crippen LogP contribution in [0.4, 0.5) is 0 Å². The first kappa shape index (κ1) is 10.2. The van der Waals surface area contributed by atoms with Gasteiger partial charge >= 0.3 is 0 Å². The van der Waals surface area contributed by atoms with Crippen molar-refractivity contribution in [3.8, 4) is 0 Å². The molecule has 0 aliphatic rings. The molecular weight excluding hydrogens is 188 g/mol. The van der Waals surface area contributed by atoms with Crippen LogP contribution in [0.5, 0.6) is 0 Å². The van der Waals surface area contributed by atoms with E-state index in [0.29, 0.717) is 0 Å². The minimum Gasteiger partial charge on any atom is -0.282 e. The maximum Gasteiger partial charge on any atom is 0.294 e. The van der Waals surface area contributed by atoms with E-state index in [-0.39, 0.29) is 4.90 Å². The van der Waals surface area contributed by atoms with Crippen LogP contribution in [0.15, 0.2) is 23.1 Å². The molecule has 1 rings (SSSR count). The molecule has 0 aliphatic carbocycles. The zero-order chi connectivity index (χ0) is 10.1. The average molecular weight is 200 g/mol. The van der Waals surface area contributed by atoms with E-state index in [1.54, 1.807) is 6.07 Å². The van der Waals surface area contributed by atoms with Gasteiger partial charge < -0.3 is 0 Å². The van der Waals surface area contributed by atoms with Crippen molar-refractivity contribution in [2.75, 3.05) is 0 Å². The highest BCUT2D eigenvalue weighted by molar-refractivity contribution is 7.85. The Morgan fingerprint density at radius 3 is 2.38 bits per heavy atom. The fourth-order valence-electron chi connectivity index (χ4n) is 1.23. The maximum absolute atomic E-state index is 10.7. The van der Waals surface area contributed by atoms with Crippen molar-refractivity contribution in [1.29, 1.82) is 0 Å². The van der Waals surface area contributed by atoms with Crippen LogP contribution in [0.2, 0.25) is 0 Å². The van der Waals surface area contributed by atoms with Gasteiger partial charge in [0.1, 0.15) is 0 Å². The summed E-state index contributed by atoms with van der Waals surface area (Å²) in [6, 6.07) is 4.62. The van der Waals surface area contributed by atoms with Crippen LogP contribution >= 0.6 is 0 Å². The monoisotopic (exact) mass is 200 g/mol. The van der Waals surface area contributed by atoms with Gasteiger partial charge in [0, 0.05) is 0 Å². The summed E-state index contributed by atoms with van der Waals surface area (Å²) in [6.07, 6.45) is 0.859. The van der Waals surface area contributed by atoms with Gasteiger partial charge in [0.05, 0.1) is 4.90 Å². The Morgan fingerprint density at radius 2 is 2.00 bits per heavy atom. The molecular formula is C9H12O3S. The van der Waals surface area contributed by atoms with Crippen LogP contribution < -0.4 is 0 Å². The van der Waals surface area contributed by atoms with Crippen molar-refractivity contribution in [2.45, 2.75) is 25.2 Å². The van der Waals surface area contributed by atoms with E-state index >= 15 is 0 Å². The van der Waals surface area contributed by atoms with Gasteiger partial charge in [-0.1, -0.05) is 13.0 Å². The smallest absolute Gasteiger partial charge is 0.282 e. The SMILES string of the molecule is CCc1ccc(S(=O)(=O)O)cc1C. The second-order valence-electron chi connectivity index (χ2n) is 2.92. The predicted octanol–water partition coefficient (Wildman–Crippen LogP) is 1.80. The molecule has 0 aliphatic heterocycles. The van der Waals surface area contributed by atoms with E-state index in [4.69, 9.17) is 4.55 Å². The third-order valence-corrected chi connectivity index (χ3v) is 2.84. The number of hydrogen-bond donors (Lipinski definition) is 1. The summed E-state index contributed by atoms with van der Waals surface area (Å²) in [5.41, 5.74) is 1.98. The molecule has 72 valence electrons. The quantitative estimate of drug-likeness (QED) is 0.741. The highest BCUT2D eigenvalue weighted by atomic mass is 32.2. The maximum atomic E-state index is 10.7. The Bertz CT molecular complexity index is 407. The summed E-state index contributed by atoms with van der Waals surface area (Å²) in [4.78, 5) is -0.0396. The molecule has 0 aromatic heterocycles. The van der Waals surface area contributed by atoms with E-state index in [0.717, 1.165) is 17.5 Å². The number of hydrogen-bond acceptors (Lipinski definition) is 2. The van der Waals surface area contributed by atoms with E-state index in [1.807, 2.05) is 13.8 Å². The molecule has 0 radical (unpaired) electrons. The summed E-state index contributed by atoms with van der Waals surface area (Å²) >= 11 is 0. The minimum absolute atomic E-state index is 0.0396. The first-order valence-corrected chi connectivity index (χ1v) is 5.46. The standard InChI is InChI=1S/C9H12O3S/c1-3-8-4-5-9(6-7(8)2)13(10,11)12/h4-6H,3H2,1-2H3,(H,10,11,12). The fraction of sp³-hybridized carbons (Fsp3) is 0.333. The molecule has 0 saturated carbocycles. The third-order valence-electron chi connectivity index (χ3n) is 1.99. The van der Waals surface area contributed by atoms with Crippen molar-refractivity contribution >= 4 is 10.1 Å². The van der Waals surface area contributed by atoms with Crippen LogP contribution in [0.25, 0.3) is 0 Å². The van der Waals surface area contributed by atoms with Crippen molar-refractivity contribution < 1.29 is 13.0 Å². The minimum atomic E-state index is -4.05. The number of rotatable bonds is 2. The van der Waals surface area contributed by atoms with Crippen molar-refractivity contribution in [1.82, 2.24) is 0 Å². The molecule has 0 heterocycles. The third kappa shape index (κ3) is 2.29. The lowest BCUT2D eigenvalue weighted by atomic mass is 10.1.